The van der Waals surface area contributed by atoms with Gasteiger partial charge >= 0.3 is 5.97 Å². The number of hydrogen-bond donors (Lipinski definition) is 0. The first-order valence-electron chi connectivity index (χ1n) is 7.36. The number of aryl methyl sites for hydroxylation is 1. The van der Waals surface area contributed by atoms with Crippen LogP contribution in [-0.2, 0) is 0 Å². The number of thiophene rings is 1. The Morgan fingerprint density at radius 3 is 2.68 bits per heavy atom. The van der Waals surface area contributed by atoms with E-state index in [9.17, 15) is 9.18 Å². The number of halogens is 1. The average molecular weight is 354 g/mol. The molecule has 0 spiro atoms. The number of carbonyl (C=O) groups excluding carboxylic acids is 1. The molecule has 0 saturated carbocycles. The lowest BCUT2D eigenvalue weighted by Crippen LogP contribution is -2.08. The SMILES string of the molecule is Cc1c(C(=O)Oc2ccc(-n3cnnn3)cc2)sc2cccc(F)c12. The third-order valence-corrected chi connectivity index (χ3v) is 4.99. The minimum Gasteiger partial charge on any atom is -0.422 e. The number of tetrazole rings is 1. The Kier molecular flexibility index (Phi) is 3.73. The molecule has 0 N–H and O–H groups in total. The molecule has 0 aliphatic heterocycles. The molecule has 0 aliphatic rings. The molecule has 0 bridgehead atoms. The van der Waals surface area contributed by atoms with Crippen LogP contribution in [0, 0.1) is 12.7 Å². The molecule has 6 nitrogen and oxygen atoms in total. The Balaban J connectivity index is 1.60. The van der Waals surface area contributed by atoms with E-state index >= 15 is 0 Å². The van der Waals surface area contributed by atoms with Crippen LogP contribution in [0.25, 0.3) is 15.8 Å². The quantitative estimate of drug-likeness (QED) is 0.416. The summed E-state index contributed by atoms with van der Waals surface area (Å²) in [6.45, 7) is 1.72. The van der Waals surface area contributed by atoms with Crippen LogP contribution >= 0.6 is 11.3 Å². The molecule has 0 unspecified atom stereocenters. The summed E-state index contributed by atoms with van der Waals surface area (Å²) >= 11 is 1.22. The van der Waals surface area contributed by atoms with Crippen LogP contribution in [0.5, 0.6) is 5.75 Å². The van der Waals surface area contributed by atoms with Crippen LogP contribution < -0.4 is 4.74 Å². The van der Waals surface area contributed by atoms with Gasteiger partial charge in [0, 0.05) is 10.1 Å². The smallest absolute Gasteiger partial charge is 0.354 e. The Hall–Kier alpha value is -3.13. The number of ether oxygens (including phenoxy) is 1. The summed E-state index contributed by atoms with van der Waals surface area (Å²) in [4.78, 5) is 12.9. The minimum atomic E-state index is -0.506. The number of esters is 1. The van der Waals surface area contributed by atoms with Crippen LogP contribution in [0.4, 0.5) is 4.39 Å². The molecule has 0 radical (unpaired) electrons. The van der Waals surface area contributed by atoms with Gasteiger partial charge in [0.25, 0.3) is 0 Å². The summed E-state index contributed by atoms with van der Waals surface area (Å²) in [5.41, 5.74) is 1.33. The van der Waals surface area contributed by atoms with Gasteiger partial charge in [-0.25, -0.2) is 13.9 Å². The van der Waals surface area contributed by atoms with Gasteiger partial charge in [-0.1, -0.05) is 6.07 Å². The summed E-state index contributed by atoms with van der Waals surface area (Å²) in [5.74, 6) is -0.455. The van der Waals surface area contributed by atoms with E-state index in [1.54, 1.807) is 43.3 Å². The largest absolute Gasteiger partial charge is 0.422 e. The zero-order valence-electron chi connectivity index (χ0n) is 13.0. The predicted molar refractivity (Wildman–Crippen MR) is 90.6 cm³/mol. The molecular weight excluding hydrogens is 343 g/mol. The molecule has 0 atom stereocenters. The molecule has 124 valence electrons. The molecule has 2 aromatic carbocycles. The van der Waals surface area contributed by atoms with E-state index in [-0.39, 0.29) is 5.82 Å². The van der Waals surface area contributed by atoms with Crippen LogP contribution in [0.3, 0.4) is 0 Å². The first kappa shape index (κ1) is 15.4. The number of aromatic nitrogens is 4. The molecule has 4 aromatic rings. The molecule has 2 heterocycles. The van der Waals surface area contributed by atoms with Crippen molar-refractivity contribution in [1.82, 2.24) is 20.2 Å². The third kappa shape index (κ3) is 2.76. The van der Waals surface area contributed by atoms with Gasteiger partial charge in [-0.05, 0) is 59.3 Å². The number of rotatable bonds is 3. The maximum atomic E-state index is 14.0. The highest BCUT2D eigenvalue weighted by Gasteiger charge is 2.19. The fourth-order valence-corrected chi connectivity index (χ4v) is 3.65. The number of benzene rings is 2. The van der Waals surface area contributed by atoms with Gasteiger partial charge in [0.1, 0.15) is 22.8 Å². The summed E-state index contributed by atoms with van der Waals surface area (Å²) in [7, 11) is 0. The summed E-state index contributed by atoms with van der Waals surface area (Å²) in [6, 6.07) is 11.6. The number of carbonyl (C=O) groups is 1. The predicted octanol–water partition coefficient (Wildman–Crippen LogP) is 3.54. The maximum Gasteiger partial charge on any atom is 0.354 e. The van der Waals surface area contributed by atoms with Crippen LogP contribution in [0.15, 0.2) is 48.8 Å². The Morgan fingerprint density at radius 2 is 2.00 bits per heavy atom. The van der Waals surface area contributed by atoms with E-state index in [0.29, 0.717) is 21.6 Å². The third-order valence-electron chi connectivity index (χ3n) is 3.75. The van der Waals surface area contributed by atoms with Gasteiger partial charge in [0.05, 0.1) is 5.69 Å². The zero-order chi connectivity index (χ0) is 17.4. The lowest BCUT2D eigenvalue weighted by molar-refractivity contribution is 0.0739. The zero-order valence-corrected chi connectivity index (χ0v) is 13.8. The van der Waals surface area contributed by atoms with Crippen molar-refractivity contribution in [3.05, 3.63) is 65.0 Å². The average Bonchev–Trinajstić information content (AvgIpc) is 3.25. The normalized spacial score (nSPS) is 11.0. The molecule has 25 heavy (non-hydrogen) atoms. The summed E-state index contributed by atoms with van der Waals surface area (Å²) in [5, 5.41) is 11.4. The van der Waals surface area contributed by atoms with E-state index in [2.05, 4.69) is 15.5 Å². The molecule has 0 aliphatic carbocycles. The highest BCUT2D eigenvalue weighted by Crippen LogP contribution is 2.33. The Labute approximate surface area is 145 Å². The highest BCUT2D eigenvalue weighted by molar-refractivity contribution is 7.21. The van der Waals surface area contributed by atoms with Gasteiger partial charge in [-0.15, -0.1) is 16.4 Å². The lowest BCUT2D eigenvalue weighted by Gasteiger charge is -2.05. The monoisotopic (exact) mass is 354 g/mol. The first-order valence-corrected chi connectivity index (χ1v) is 8.18. The van der Waals surface area contributed by atoms with E-state index < -0.39 is 5.97 Å². The van der Waals surface area contributed by atoms with Gasteiger partial charge in [0.2, 0.25) is 0 Å². The topological polar surface area (TPSA) is 69.9 Å². The molecular formula is C17H11FN4O2S. The van der Waals surface area contributed by atoms with Gasteiger partial charge in [-0.3, -0.25) is 0 Å². The van der Waals surface area contributed by atoms with Crippen molar-refractivity contribution >= 4 is 27.4 Å². The lowest BCUT2D eigenvalue weighted by atomic mass is 10.1. The second-order valence-electron chi connectivity index (χ2n) is 5.31. The number of hydrogen-bond acceptors (Lipinski definition) is 6. The number of nitrogens with zero attached hydrogens (tertiary/aromatic N) is 4. The Bertz CT molecular complexity index is 1060. The van der Waals surface area contributed by atoms with Crippen molar-refractivity contribution < 1.29 is 13.9 Å². The molecule has 4 rings (SSSR count). The van der Waals surface area contributed by atoms with E-state index in [1.165, 1.54) is 28.4 Å². The van der Waals surface area contributed by atoms with E-state index in [0.717, 1.165) is 10.4 Å². The molecule has 0 amide bonds. The van der Waals surface area contributed by atoms with Gasteiger partial charge in [-0.2, -0.15) is 0 Å². The minimum absolute atomic E-state index is 0.337. The fourth-order valence-electron chi connectivity index (χ4n) is 2.55. The van der Waals surface area contributed by atoms with Gasteiger partial charge < -0.3 is 4.74 Å². The second kappa shape index (κ2) is 6.06. The van der Waals surface area contributed by atoms with Crippen molar-refractivity contribution in [2.24, 2.45) is 0 Å². The molecule has 8 heteroatoms. The summed E-state index contributed by atoms with van der Waals surface area (Å²) in [6.07, 6.45) is 1.47. The van der Waals surface area contributed by atoms with Crippen molar-refractivity contribution in [3.63, 3.8) is 0 Å². The fraction of sp³-hybridized carbons (Fsp3) is 0.0588. The van der Waals surface area contributed by atoms with Crippen LogP contribution in [-0.4, -0.2) is 26.2 Å². The second-order valence-corrected chi connectivity index (χ2v) is 6.36. The first-order chi connectivity index (χ1) is 12.1. The molecule has 0 fully saturated rings. The summed E-state index contributed by atoms with van der Waals surface area (Å²) < 4.78 is 21.6. The van der Waals surface area contributed by atoms with Gasteiger partial charge in [0.15, 0.2) is 0 Å². The van der Waals surface area contributed by atoms with E-state index in [4.69, 9.17) is 4.74 Å². The number of fused-ring (bicyclic) bond motifs is 1. The van der Waals surface area contributed by atoms with Crippen molar-refractivity contribution in [2.45, 2.75) is 6.92 Å². The van der Waals surface area contributed by atoms with Crippen molar-refractivity contribution in [3.8, 4) is 11.4 Å². The Morgan fingerprint density at radius 1 is 1.20 bits per heavy atom. The van der Waals surface area contributed by atoms with Crippen LogP contribution in [0.1, 0.15) is 15.2 Å². The standard InChI is InChI=1S/C17H11FN4O2S/c1-10-15-13(18)3-2-4-14(15)25-16(10)17(23)24-12-7-5-11(6-8-12)22-9-19-20-21-22/h2-9H,1H3. The maximum absolute atomic E-state index is 14.0. The van der Waals surface area contributed by atoms with Crippen LogP contribution in [0.2, 0.25) is 0 Å². The molecule has 2 aromatic heterocycles. The van der Waals surface area contributed by atoms with E-state index in [1.807, 2.05) is 0 Å². The highest BCUT2D eigenvalue weighted by atomic mass is 32.1. The molecule has 0 saturated heterocycles. The van der Waals surface area contributed by atoms with Crippen molar-refractivity contribution in [1.29, 1.82) is 0 Å². The van der Waals surface area contributed by atoms with Crippen molar-refractivity contribution in [2.75, 3.05) is 0 Å².